The van der Waals surface area contributed by atoms with Crippen LogP contribution >= 0.6 is 0 Å². The van der Waals surface area contributed by atoms with Crippen molar-refractivity contribution in [3.63, 3.8) is 0 Å². The molecule has 0 saturated carbocycles. The fourth-order valence-corrected chi connectivity index (χ4v) is 1.82. The lowest BCUT2D eigenvalue weighted by atomic mass is 10.0. The molecule has 0 aliphatic rings. The molecule has 110 valence electrons. The Labute approximate surface area is 121 Å². The van der Waals surface area contributed by atoms with E-state index in [1.807, 2.05) is 33.8 Å². The third kappa shape index (κ3) is 5.51. The van der Waals surface area contributed by atoms with Crippen LogP contribution in [0.25, 0.3) is 0 Å². The van der Waals surface area contributed by atoms with Gasteiger partial charge in [-0.1, -0.05) is 27.7 Å². The molecule has 20 heavy (non-hydrogen) atoms. The molecular weight excluding hydrogens is 252 g/mol. The maximum Gasteiger partial charge on any atom is 0.220 e. The summed E-state index contributed by atoms with van der Waals surface area (Å²) in [4.78, 5) is 27.5. The summed E-state index contributed by atoms with van der Waals surface area (Å²) in [6, 6.07) is 3.66. The molecule has 0 radical (unpaired) electrons. The number of pyridine rings is 1. The maximum absolute atomic E-state index is 11.8. The summed E-state index contributed by atoms with van der Waals surface area (Å²) >= 11 is 0. The van der Waals surface area contributed by atoms with E-state index in [1.165, 1.54) is 0 Å². The molecule has 0 fully saturated rings. The lowest BCUT2D eigenvalue weighted by Gasteiger charge is -2.07. The minimum absolute atomic E-state index is 0.0158. The van der Waals surface area contributed by atoms with Crippen LogP contribution in [0.1, 0.15) is 50.2 Å². The van der Waals surface area contributed by atoms with Crippen molar-refractivity contribution >= 4 is 11.7 Å². The molecule has 1 amide bonds. The largest absolute Gasteiger partial charge is 0.356 e. The first-order chi connectivity index (χ1) is 9.40. The van der Waals surface area contributed by atoms with Crippen molar-refractivity contribution in [1.82, 2.24) is 10.3 Å². The Kier molecular flexibility index (Phi) is 6.36. The number of amides is 1. The van der Waals surface area contributed by atoms with Crippen molar-refractivity contribution in [2.45, 2.75) is 40.5 Å². The molecule has 4 nitrogen and oxygen atoms in total. The Morgan fingerprint density at radius 1 is 1.20 bits per heavy atom. The molecule has 4 heteroatoms. The molecule has 0 aliphatic carbocycles. The van der Waals surface area contributed by atoms with Gasteiger partial charge in [-0.15, -0.1) is 0 Å². The van der Waals surface area contributed by atoms with Crippen molar-refractivity contribution in [3.8, 4) is 0 Å². The van der Waals surface area contributed by atoms with Crippen LogP contribution in [-0.2, 0) is 11.2 Å². The van der Waals surface area contributed by atoms with E-state index in [2.05, 4.69) is 10.3 Å². The Morgan fingerprint density at radius 2 is 1.90 bits per heavy atom. The van der Waals surface area contributed by atoms with Gasteiger partial charge in [0, 0.05) is 42.8 Å². The summed E-state index contributed by atoms with van der Waals surface area (Å²) in [5.74, 6) is 0.535. The molecule has 0 unspecified atom stereocenters. The van der Waals surface area contributed by atoms with Gasteiger partial charge in [-0.3, -0.25) is 14.6 Å². The van der Waals surface area contributed by atoms with Gasteiger partial charge in [-0.2, -0.15) is 0 Å². The van der Waals surface area contributed by atoms with E-state index in [1.54, 1.807) is 12.3 Å². The predicted molar refractivity (Wildman–Crippen MR) is 79.6 cm³/mol. The van der Waals surface area contributed by atoms with Gasteiger partial charge in [0.25, 0.3) is 0 Å². The van der Waals surface area contributed by atoms with Crippen molar-refractivity contribution in [2.75, 3.05) is 6.54 Å². The fourth-order valence-electron chi connectivity index (χ4n) is 1.82. The molecule has 1 N–H and O–H groups in total. The average molecular weight is 276 g/mol. The summed E-state index contributed by atoms with van der Waals surface area (Å²) in [6.45, 7) is 8.37. The summed E-state index contributed by atoms with van der Waals surface area (Å²) in [7, 11) is 0. The Balaban J connectivity index is 2.42. The first-order valence-electron chi connectivity index (χ1n) is 7.16. The van der Waals surface area contributed by atoms with Crippen LogP contribution < -0.4 is 5.32 Å². The Bertz CT molecular complexity index is 450. The quantitative estimate of drug-likeness (QED) is 0.779. The molecule has 0 atom stereocenters. The van der Waals surface area contributed by atoms with E-state index >= 15 is 0 Å². The smallest absolute Gasteiger partial charge is 0.220 e. The Morgan fingerprint density at radius 3 is 2.40 bits per heavy atom. The molecule has 0 saturated heterocycles. The number of nitrogens with one attached hydrogen (secondary N) is 1. The maximum atomic E-state index is 11.8. The standard InChI is InChI=1S/C16H24N2O2/c1-11(2)9-15(19)17-8-7-14-6-5-13(10-18-14)16(20)12(3)4/h5-6,10-12H,7-9H2,1-4H3,(H,17,19). The number of hydrogen-bond acceptors (Lipinski definition) is 3. The van der Waals surface area contributed by atoms with Gasteiger partial charge in [-0.05, 0) is 18.1 Å². The lowest BCUT2D eigenvalue weighted by molar-refractivity contribution is -0.121. The third-order valence-corrected chi connectivity index (χ3v) is 2.93. The van der Waals surface area contributed by atoms with Crippen LogP contribution in [-0.4, -0.2) is 23.2 Å². The van der Waals surface area contributed by atoms with Crippen LogP contribution in [0.4, 0.5) is 0 Å². The third-order valence-electron chi connectivity index (χ3n) is 2.93. The number of carbonyl (C=O) groups excluding carboxylic acids is 2. The van der Waals surface area contributed by atoms with Crippen LogP contribution in [0.3, 0.4) is 0 Å². The Hall–Kier alpha value is -1.71. The van der Waals surface area contributed by atoms with Gasteiger partial charge in [0.05, 0.1) is 0 Å². The minimum atomic E-state index is -0.0158. The van der Waals surface area contributed by atoms with E-state index in [4.69, 9.17) is 0 Å². The topological polar surface area (TPSA) is 59.1 Å². The second kappa shape index (κ2) is 7.78. The molecule has 1 heterocycles. The van der Waals surface area contributed by atoms with Gasteiger partial charge in [-0.25, -0.2) is 0 Å². The van der Waals surface area contributed by atoms with Gasteiger partial charge in [0.15, 0.2) is 5.78 Å². The predicted octanol–water partition coefficient (Wildman–Crippen LogP) is 2.63. The van der Waals surface area contributed by atoms with Crippen molar-refractivity contribution in [3.05, 3.63) is 29.6 Å². The monoisotopic (exact) mass is 276 g/mol. The number of nitrogens with zero attached hydrogens (tertiary/aromatic N) is 1. The molecule has 0 bridgehead atoms. The highest BCUT2D eigenvalue weighted by molar-refractivity contribution is 5.97. The van der Waals surface area contributed by atoms with Crippen molar-refractivity contribution in [2.24, 2.45) is 11.8 Å². The second-order valence-corrected chi connectivity index (χ2v) is 5.76. The van der Waals surface area contributed by atoms with Crippen LogP contribution in [0.2, 0.25) is 0 Å². The number of aromatic nitrogens is 1. The number of ketones is 1. The molecule has 0 aliphatic heterocycles. The van der Waals surface area contributed by atoms with Crippen LogP contribution in [0.5, 0.6) is 0 Å². The summed E-state index contributed by atoms with van der Waals surface area (Å²) < 4.78 is 0. The number of carbonyl (C=O) groups is 2. The van der Waals surface area contributed by atoms with Gasteiger partial charge in [0.1, 0.15) is 0 Å². The number of Topliss-reactive ketones (excluding diaryl/α,β-unsaturated/α-hetero) is 1. The van der Waals surface area contributed by atoms with Gasteiger partial charge >= 0.3 is 0 Å². The SMILES string of the molecule is CC(C)CC(=O)NCCc1ccc(C(=O)C(C)C)cn1. The molecule has 0 spiro atoms. The molecule has 1 rings (SSSR count). The van der Waals surface area contributed by atoms with E-state index in [0.717, 1.165) is 5.69 Å². The van der Waals surface area contributed by atoms with Gasteiger partial charge < -0.3 is 5.32 Å². The highest BCUT2D eigenvalue weighted by atomic mass is 16.1. The zero-order valence-corrected chi connectivity index (χ0v) is 12.8. The van der Waals surface area contributed by atoms with E-state index in [9.17, 15) is 9.59 Å². The second-order valence-electron chi connectivity index (χ2n) is 5.76. The highest BCUT2D eigenvalue weighted by Crippen LogP contribution is 2.08. The summed E-state index contributed by atoms with van der Waals surface area (Å²) in [5, 5.41) is 2.87. The zero-order chi connectivity index (χ0) is 15.1. The number of hydrogen-bond donors (Lipinski definition) is 1. The summed E-state index contributed by atoms with van der Waals surface area (Å²) in [5.41, 5.74) is 1.53. The van der Waals surface area contributed by atoms with Crippen molar-refractivity contribution < 1.29 is 9.59 Å². The van der Waals surface area contributed by atoms with Gasteiger partial charge in [0.2, 0.25) is 5.91 Å². The molecule has 0 aromatic carbocycles. The normalized spacial score (nSPS) is 10.9. The van der Waals surface area contributed by atoms with Crippen molar-refractivity contribution in [1.29, 1.82) is 0 Å². The summed E-state index contributed by atoms with van der Waals surface area (Å²) in [6.07, 6.45) is 2.85. The van der Waals surface area contributed by atoms with Crippen LogP contribution in [0, 0.1) is 11.8 Å². The molecule has 1 aromatic rings. The zero-order valence-electron chi connectivity index (χ0n) is 12.8. The minimum Gasteiger partial charge on any atom is -0.356 e. The van der Waals surface area contributed by atoms with E-state index in [-0.39, 0.29) is 17.6 Å². The molecule has 1 aromatic heterocycles. The lowest BCUT2D eigenvalue weighted by Crippen LogP contribution is -2.26. The molecular formula is C16H24N2O2. The first kappa shape index (κ1) is 16.3. The number of rotatable bonds is 7. The van der Waals surface area contributed by atoms with Crippen LogP contribution in [0.15, 0.2) is 18.3 Å². The van der Waals surface area contributed by atoms with E-state index < -0.39 is 0 Å². The average Bonchev–Trinajstić information content (AvgIpc) is 2.37. The first-order valence-corrected chi connectivity index (χ1v) is 7.16. The fraction of sp³-hybridized carbons (Fsp3) is 0.562. The van der Waals surface area contributed by atoms with E-state index in [0.29, 0.717) is 30.9 Å². The highest BCUT2D eigenvalue weighted by Gasteiger charge is 2.10.